The molecule has 7 nitrogen and oxygen atoms in total. The van der Waals surface area contributed by atoms with Crippen LogP contribution < -0.4 is 9.47 Å². The summed E-state index contributed by atoms with van der Waals surface area (Å²) in [5, 5.41) is 19.6. The van der Waals surface area contributed by atoms with Gasteiger partial charge in [-0.25, -0.2) is 4.39 Å². The van der Waals surface area contributed by atoms with Gasteiger partial charge in [-0.1, -0.05) is 65.7 Å². The van der Waals surface area contributed by atoms with Crippen LogP contribution >= 0.6 is 23.2 Å². The van der Waals surface area contributed by atoms with Crippen molar-refractivity contribution in [2.75, 3.05) is 13.2 Å². The molecule has 0 aliphatic heterocycles. The average Bonchev–Trinajstić information content (AvgIpc) is 3.28. The minimum Gasteiger partial charge on any atom is -0.494 e. The molecule has 1 aromatic heterocycles. The summed E-state index contributed by atoms with van der Waals surface area (Å²) in [7, 11) is 0. The predicted octanol–water partition coefficient (Wildman–Crippen LogP) is 7.99. The molecule has 42 heavy (non-hydrogen) atoms. The van der Waals surface area contributed by atoms with E-state index in [1.807, 2.05) is 60.8 Å². The molecule has 3 aromatic carbocycles. The zero-order valence-corrected chi connectivity index (χ0v) is 24.2. The lowest BCUT2D eigenvalue weighted by molar-refractivity contribution is -0.138. The summed E-state index contributed by atoms with van der Waals surface area (Å²) in [4.78, 5) is 22.5. The molecule has 1 heterocycles. The van der Waals surface area contributed by atoms with Gasteiger partial charge in [-0.3, -0.25) is 9.59 Å². The highest BCUT2D eigenvalue weighted by atomic mass is 35.5. The lowest BCUT2D eigenvalue weighted by atomic mass is 10.0. The normalized spacial score (nSPS) is 11.3. The second-order valence-corrected chi connectivity index (χ2v) is 10.5. The fourth-order valence-corrected chi connectivity index (χ4v) is 5.16. The Hall–Kier alpha value is -4.01. The van der Waals surface area contributed by atoms with Crippen LogP contribution in [0.1, 0.15) is 42.4 Å². The molecule has 0 bridgehead atoms. The first-order valence-electron chi connectivity index (χ1n) is 13.4. The minimum absolute atomic E-state index is 0.0570. The number of ether oxygens (including phenoxy) is 2. The van der Waals surface area contributed by atoms with Gasteiger partial charge in [0, 0.05) is 18.0 Å². The number of hydrogen-bond donors (Lipinski definition) is 2. The summed E-state index contributed by atoms with van der Waals surface area (Å²) in [6, 6.07) is 15.7. The lowest BCUT2D eigenvalue weighted by Gasteiger charge is -2.10. The summed E-state index contributed by atoms with van der Waals surface area (Å²) in [5.41, 5.74) is 3.54. The average molecular weight is 614 g/mol. The maximum absolute atomic E-state index is 13.3. The Labute approximate surface area is 252 Å². The first-order valence-corrected chi connectivity index (χ1v) is 14.2. The van der Waals surface area contributed by atoms with E-state index < -0.39 is 17.8 Å². The Balaban J connectivity index is 1.33. The highest BCUT2D eigenvalue weighted by Crippen LogP contribution is 2.34. The van der Waals surface area contributed by atoms with Gasteiger partial charge in [0.15, 0.2) is 5.75 Å². The van der Waals surface area contributed by atoms with Crippen LogP contribution in [-0.2, 0) is 22.6 Å². The molecule has 0 amide bonds. The smallest absolute Gasteiger partial charge is 0.323 e. The molecule has 0 aliphatic carbocycles. The molecular formula is C32H30Cl2FNO6. The van der Waals surface area contributed by atoms with Crippen molar-refractivity contribution in [3.05, 3.63) is 93.3 Å². The van der Waals surface area contributed by atoms with Gasteiger partial charge in [0.2, 0.25) is 0 Å². The number of nitrogens with zero attached hydrogens (tertiary/aromatic N) is 1. The van der Waals surface area contributed by atoms with E-state index in [1.165, 1.54) is 0 Å². The molecule has 0 fully saturated rings. The van der Waals surface area contributed by atoms with Crippen LogP contribution in [0, 0.1) is 5.82 Å². The molecule has 0 saturated heterocycles. The van der Waals surface area contributed by atoms with Crippen LogP contribution in [0.4, 0.5) is 4.39 Å². The van der Waals surface area contributed by atoms with Crippen molar-refractivity contribution >= 4 is 58.2 Å². The maximum atomic E-state index is 13.3. The third kappa shape index (κ3) is 8.50. The highest BCUT2D eigenvalue weighted by Gasteiger charge is 2.14. The number of carbonyl (C=O) groups is 2. The third-order valence-electron chi connectivity index (χ3n) is 6.51. The van der Waals surface area contributed by atoms with Gasteiger partial charge in [-0.15, -0.1) is 0 Å². The van der Waals surface area contributed by atoms with Crippen LogP contribution in [0.25, 0.3) is 23.1 Å². The Kier molecular flexibility index (Phi) is 10.9. The van der Waals surface area contributed by atoms with Gasteiger partial charge >= 0.3 is 11.9 Å². The molecule has 0 spiro atoms. The van der Waals surface area contributed by atoms with E-state index in [-0.39, 0.29) is 28.8 Å². The first-order chi connectivity index (χ1) is 20.2. The van der Waals surface area contributed by atoms with Crippen molar-refractivity contribution < 1.29 is 33.7 Å². The Morgan fingerprint density at radius 1 is 0.881 bits per heavy atom. The predicted molar refractivity (Wildman–Crippen MR) is 162 cm³/mol. The molecule has 0 atom stereocenters. The molecule has 10 heteroatoms. The van der Waals surface area contributed by atoms with Crippen LogP contribution in [0.5, 0.6) is 11.5 Å². The van der Waals surface area contributed by atoms with Crippen LogP contribution in [0.3, 0.4) is 0 Å². The molecular weight excluding hydrogens is 584 g/mol. The van der Waals surface area contributed by atoms with Gasteiger partial charge in [0.05, 0.1) is 28.8 Å². The first kappa shape index (κ1) is 30.9. The third-order valence-corrected chi connectivity index (χ3v) is 7.07. The largest absolute Gasteiger partial charge is 0.494 e. The second-order valence-electron chi connectivity index (χ2n) is 9.67. The zero-order valence-electron chi connectivity index (χ0n) is 22.7. The number of rotatable bonds is 15. The minimum atomic E-state index is -0.951. The number of aliphatic carboxylic acids is 2. The van der Waals surface area contributed by atoms with E-state index in [9.17, 15) is 19.1 Å². The number of fused-ring (bicyclic) bond motifs is 1. The maximum Gasteiger partial charge on any atom is 0.323 e. The summed E-state index contributed by atoms with van der Waals surface area (Å²) in [6.07, 6.45) is 8.21. The summed E-state index contributed by atoms with van der Waals surface area (Å²) >= 11 is 12.0. The molecule has 220 valence electrons. The van der Waals surface area contributed by atoms with E-state index in [2.05, 4.69) is 0 Å². The molecule has 4 aromatic rings. The van der Waals surface area contributed by atoms with E-state index in [0.29, 0.717) is 32.5 Å². The van der Waals surface area contributed by atoms with E-state index in [0.717, 1.165) is 51.9 Å². The van der Waals surface area contributed by atoms with Gasteiger partial charge in [0.1, 0.15) is 18.1 Å². The highest BCUT2D eigenvalue weighted by molar-refractivity contribution is 6.37. The standard InChI is InChI=1S/C32H30Cl2FNO6/c33-27-17-24(35)18-28(34)32(27)42-16-2-1-15-41-25-13-10-21(11-14-25)9-12-22-5-3-7-26-23(6-4-8-29(37)38)19-36(31(22)26)20-30(39)40/h3,5,7,9-14,17-19H,1-2,4,6,8,15-16,20H2,(H,37,38)(H,39,40)/b12-9+. The van der Waals surface area contributed by atoms with Crippen molar-refractivity contribution in [3.8, 4) is 11.5 Å². The van der Waals surface area contributed by atoms with Gasteiger partial charge < -0.3 is 24.3 Å². The second kappa shape index (κ2) is 14.8. The van der Waals surface area contributed by atoms with Crippen molar-refractivity contribution in [3.63, 3.8) is 0 Å². The van der Waals surface area contributed by atoms with Crippen molar-refractivity contribution in [2.45, 2.75) is 38.6 Å². The van der Waals surface area contributed by atoms with Crippen LogP contribution in [0.2, 0.25) is 10.0 Å². The topological polar surface area (TPSA) is 98.0 Å². The monoisotopic (exact) mass is 613 g/mol. The summed E-state index contributed by atoms with van der Waals surface area (Å²) in [5.74, 6) is -1.33. The fraction of sp³-hybridized carbons (Fsp3) is 0.250. The zero-order chi connectivity index (χ0) is 30.1. The van der Waals surface area contributed by atoms with E-state index in [1.54, 1.807) is 4.57 Å². The number of aryl methyl sites for hydroxylation is 1. The number of carboxylic acids is 2. The number of hydrogen-bond acceptors (Lipinski definition) is 4. The van der Waals surface area contributed by atoms with Crippen molar-refractivity contribution in [1.82, 2.24) is 4.57 Å². The molecule has 0 aliphatic rings. The molecule has 0 radical (unpaired) electrons. The number of carboxylic acid groups (broad SMARTS) is 2. The summed E-state index contributed by atoms with van der Waals surface area (Å²) < 4.78 is 26.4. The van der Waals surface area contributed by atoms with Crippen molar-refractivity contribution in [2.24, 2.45) is 0 Å². The molecule has 2 N–H and O–H groups in total. The number of benzene rings is 3. The molecule has 0 saturated carbocycles. The van der Waals surface area contributed by atoms with Crippen molar-refractivity contribution in [1.29, 1.82) is 0 Å². The number of halogens is 3. The van der Waals surface area contributed by atoms with E-state index in [4.69, 9.17) is 37.8 Å². The Morgan fingerprint density at radius 3 is 2.24 bits per heavy atom. The van der Waals surface area contributed by atoms with Gasteiger partial charge in [0.25, 0.3) is 0 Å². The van der Waals surface area contributed by atoms with Gasteiger partial charge in [-0.2, -0.15) is 0 Å². The SMILES string of the molecule is O=C(O)CCCc1cn(CC(=O)O)c2c(/C=C/c3ccc(OCCCCOc4c(Cl)cc(F)cc4Cl)cc3)cccc12. The van der Waals surface area contributed by atoms with Crippen LogP contribution in [-0.4, -0.2) is 39.9 Å². The molecule has 4 rings (SSSR count). The number of aromatic nitrogens is 1. The van der Waals surface area contributed by atoms with Crippen LogP contribution in [0.15, 0.2) is 60.8 Å². The fourth-order valence-electron chi connectivity index (χ4n) is 4.59. The lowest BCUT2D eigenvalue weighted by Crippen LogP contribution is -2.07. The molecule has 0 unspecified atom stereocenters. The Morgan fingerprint density at radius 2 is 1.57 bits per heavy atom. The Bertz CT molecular complexity index is 1560. The van der Waals surface area contributed by atoms with Gasteiger partial charge in [-0.05, 0) is 66.6 Å². The van der Waals surface area contributed by atoms with E-state index >= 15 is 0 Å². The quantitative estimate of drug-likeness (QED) is 0.104. The summed E-state index contributed by atoms with van der Waals surface area (Å²) in [6.45, 7) is 0.664. The number of unbranched alkanes of at least 4 members (excludes halogenated alkanes) is 1. The number of para-hydroxylation sites is 1.